The summed E-state index contributed by atoms with van der Waals surface area (Å²) in [5, 5.41) is 16.2. The molecule has 36 heavy (non-hydrogen) atoms. The first-order chi connectivity index (χ1) is 17.6. The SMILES string of the molecule is CCNc1nc(Nc2ccc(-n3cnc(Cl)c3)c(OC)c2)nc2c1COCC2c1ccc(C#N)cc1. The van der Waals surface area contributed by atoms with Crippen LogP contribution in [0.25, 0.3) is 5.69 Å². The second-order valence-electron chi connectivity index (χ2n) is 8.21. The van der Waals surface area contributed by atoms with E-state index < -0.39 is 0 Å². The summed E-state index contributed by atoms with van der Waals surface area (Å²) in [4.78, 5) is 13.7. The van der Waals surface area contributed by atoms with Gasteiger partial charge in [0.1, 0.15) is 23.0 Å². The van der Waals surface area contributed by atoms with E-state index in [1.807, 2.05) is 49.4 Å². The van der Waals surface area contributed by atoms with Crippen molar-refractivity contribution in [3.63, 3.8) is 0 Å². The highest BCUT2D eigenvalue weighted by Gasteiger charge is 2.28. The van der Waals surface area contributed by atoms with Gasteiger partial charge in [0.05, 0.1) is 49.3 Å². The lowest BCUT2D eigenvalue weighted by molar-refractivity contribution is 0.0979. The van der Waals surface area contributed by atoms with Gasteiger partial charge in [-0.3, -0.25) is 0 Å². The minimum atomic E-state index is -0.0784. The molecule has 10 heteroatoms. The summed E-state index contributed by atoms with van der Waals surface area (Å²) in [5.74, 6) is 1.76. The van der Waals surface area contributed by atoms with Crippen molar-refractivity contribution in [1.82, 2.24) is 19.5 Å². The summed E-state index contributed by atoms with van der Waals surface area (Å²) in [6.45, 7) is 3.66. The molecule has 0 spiro atoms. The molecule has 3 heterocycles. The molecule has 1 atom stereocenters. The summed E-state index contributed by atoms with van der Waals surface area (Å²) in [5.41, 5.74) is 5.06. The maximum absolute atomic E-state index is 9.16. The number of methoxy groups -OCH3 is 1. The number of ether oxygens (including phenoxy) is 2. The Labute approximate surface area is 213 Å². The average Bonchev–Trinajstić information content (AvgIpc) is 3.34. The minimum Gasteiger partial charge on any atom is -0.494 e. The van der Waals surface area contributed by atoms with Crippen LogP contribution in [0.3, 0.4) is 0 Å². The zero-order valence-electron chi connectivity index (χ0n) is 19.8. The van der Waals surface area contributed by atoms with Gasteiger partial charge in [0.15, 0.2) is 0 Å². The molecule has 0 radical (unpaired) electrons. The van der Waals surface area contributed by atoms with E-state index >= 15 is 0 Å². The summed E-state index contributed by atoms with van der Waals surface area (Å²) in [6.07, 6.45) is 3.35. The zero-order valence-corrected chi connectivity index (χ0v) is 20.6. The van der Waals surface area contributed by atoms with Crippen LogP contribution in [-0.2, 0) is 11.3 Å². The third-order valence-electron chi connectivity index (χ3n) is 5.95. The van der Waals surface area contributed by atoms with E-state index in [-0.39, 0.29) is 5.92 Å². The third-order valence-corrected chi connectivity index (χ3v) is 6.15. The number of imidazole rings is 1. The number of rotatable bonds is 7. The van der Waals surface area contributed by atoms with Crippen LogP contribution in [0.5, 0.6) is 5.75 Å². The lowest BCUT2D eigenvalue weighted by Crippen LogP contribution is -2.23. The molecule has 5 rings (SSSR count). The standard InChI is InChI=1S/C26H24ClN7O2/c1-3-29-25-20-14-36-13-19(17-6-4-16(11-28)5-7-17)24(20)32-26(33-25)31-18-8-9-21(22(10-18)35-2)34-12-23(27)30-15-34/h4-10,12,15,19H,3,13-14H2,1-2H3,(H2,29,31,32,33). The average molecular weight is 502 g/mol. The van der Waals surface area contributed by atoms with Crippen molar-refractivity contribution in [2.24, 2.45) is 0 Å². The Bertz CT molecular complexity index is 1430. The van der Waals surface area contributed by atoms with Gasteiger partial charge >= 0.3 is 0 Å². The Kier molecular flexibility index (Phi) is 6.71. The number of hydrogen-bond acceptors (Lipinski definition) is 8. The van der Waals surface area contributed by atoms with Gasteiger partial charge in [-0.1, -0.05) is 23.7 Å². The maximum atomic E-state index is 9.16. The van der Waals surface area contributed by atoms with Crippen LogP contribution >= 0.6 is 11.6 Å². The van der Waals surface area contributed by atoms with Gasteiger partial charge in [-0.05, 0) is 36.8 Å². The van der Waals surface area contributed by atoms with E-state index in [4.69, 9.17) is 36.3 Å². The lowest BCUT2D eigenvalue weighted by Gasteiger charge is -2.27. The predicted octanol–water partition coefficient (Wildman–Crippen LogP) is 5.03. The fourth-order valence-electron chi connectivity index (χ4n) is 4.23. The molecule has 0 saturated carbocycles. The topological polar surface area (TPSA) is 110 Å². The van der Waals surface area contributed by atoms with Crippen molar-refractivity contribution < 1.29 is 9.47 Å². The molecule has 2 aromatic heterocycles. The van der Waals surface area contributed by atoms with Gasteiger partial charge in [0, 0.05) is 30.1 Å². The molecule has 0 fully saturated rings. The number of hydrogen-bond donors (Lipinski definition) is 2. The van der Waals surface area contributed by atoms with Crippen molar-refractivity contribution in [1.29, 1.82) is 5.26 Å². The van der Waals surface area contributed by atoms with E-state index in [1.54, 1.807) is 24.2 Å². The number of benzene rings is 2. The number of nitrogens with zero attached hydrogens (tertiary/aromatic N) is 5. The summed E-state index contributed by atoms with van der Waals surface area (Å²) < 4.78 is 13.3. The second-order valence-corrected chi connectivity index (χ2v) is 8.59. The second kappa shape index (κ2) is 10.2. The fraction of sp³-hybridized carbons (Fsp3) is 0.231. The van der Waals surface area contributed by atoms with Crippen LogP contribution < -0.4 is 15.4 Å². The highest BCUT2D eigenvalue weighted by Crippen LogP contribution is 2.36. The molecule has 0 aliphatic carbocycles. The van der Waals surface area contributed by atoms with Crippen molar-refractivity contribution >= 4 is 29.1 Å². The first-order valence-corrected chi connectivity index (χ1v) is 11.8. The van der Waals surface area contributed by atoms with Gasteiger partial charge in [-0.15, -0.1) is 0 Å². The first-order valence-electron chi connectivity index (χ1n) is 11.5. The molecule has 9 nitrogen and oxygen atoms in total. The van der Waals surface area contributed by atoms with Crippen LogP contribution in [0, 0.1) is 11.3 Å². The largest absolute Gasteiger partial charge is 0.494 e. The number of fused-ring (bicyclic) bond motifs is 1. The molecule has 2 N–H and O–H groups in total. The van der Waals surface area contributed by atoms with E-state index in [2.05, 4.69) is 21.7 Å². The Balaban J connectivity index is 1.51. The molecular formula is C26H24ClN7O2. The number of nitriles is 1. The van der Waals surface area contributed by atoms with Crippen molar-refractivity contribution in [2.45, 2.75) is 19.4 Å². The number of nitrogens with one attached hydrogen (secondary N) is 2. The molecule has 1 unspecified atom stereocenters. The number of halogens is 1. The molecule has 2 aromatic carbocycles. The quantitative estimate of drug-likeness (QED) is 0.362. The van der Waals surface area contributed by atoms with Gasteiger partial charge in [-0.2, -0.15) is 10.2 Å². The van der Waals surface area contributed by atoms with Crippen molar-refractivity contribution in [3.8, 4) is 17.5 Å². The van der Waals surface area contributed by atoms with E-state index in [1.165, 1.54) is 0 Å². The number of anilines is 3. The molecule has 0 bridgehead atoms. The van der Waals surface area contributed by atoms with Gasteiger partial charge in [0.25, 0.3) is 0 Å². The van der Waals surface area contributed by atoms with Crippen LogP contribution in [0.2, 0.25) is 5.15 Å². The molecule has 182 valence electrons. The van der Waals surface area contributed by atoms with Crippen molar-refractivity contribution in [2.75, 3.05) is 30.9 Å². The van der Waals surface area contributed by atoms with Crippen LogP contribution in [0.1, 0.15) is 35.2 Å². The Morgan fingerprint density at radius 3 is 2.75 bits per heavy atom. The van der Waals surface area contributed by atoms with E-state index in [0.29, 0.717) is 42.2 Å². The highest BCUT2D eigenvalue weighted by atomic mass is 35.5. The third kappa shape index (κ3) is 4.69. The van der Waals surface area contributed by atoms with Crippen molar-refractivity contribution in [3.05, 3.63) is 82.5 Å². The Morgan fingerprint density at radius 1 is 1.22 bits per heavy atom. The molecular weight excluding hydrogens is 478 g/mol. The molecule has 4 aromatic rings. The molecule has 0 saturated heterocycles. The van der Waals surface area contributed by atoms with Gasteiger partial charge in [0.2, 0.25) is 5.95 Å². The first kappa shape index (κ1) is 23.6. The van der Waals surface area contributed by atoms with Gasteiger partial charge in [-0.25, -0.2) is 9.97 Å². The molecule has 1 aliphatic heterocycles. The Hall–Kier alpha value is -4.13. The van der Waals surface area contributed by atoms with E-state index in [9.17, 15) is 0 Å². The lowest BCUT2D eigenvalue weighted by atomic mass is 9.91. The summed E-state index contributed by atoms with van der Waals surface area (Å²) in [6, 6.07) is 15.4. The van der Waals surface area contributed by atoms with Crippen LogP contribution in [0.4, 0.5) is 17.5 Å². The van der Waals surface area contributed by atoms with E-state index in [0.717, 1.165) is 34.0 Å². The predicted molar refractivity (Wildman–Crippen MR) is 137 cm³/mol. The smallest absolute Gasteiger partial charge is 0.229 e. The molecule has 1 aliphatic rings. The highest BCUT2D eigenvalue weighted by molar-refractivity contribution is 6.29. The minimum absolute atomic E-state index is 0.0784. The molecule has 0 amide bonds. The fourth-order valence-corrected chi connectivity index (χ4v) is 4.38. The monoisotopic (exact) mass is 501 g/mol. The zero-order chi connectivity index (χ0) is 25.1. The maximum Gasteiger partial charge on any atom is 0.229 e. The van der Waals surface area contributed by atoms with Crippen LogP contribution in [-0.4, -0.2) is 39.8 Å². The summed E-state index contributed by atoms with van der Waals surface area (Å²) >= 11 is 5.98. The summed E-state index contributed by atoms with van der Waals surface area (Å²) in [7, 11) is 1.61. The van der Waals surface area contributed by atoms with Gasteiger partial charge < -0.3 is 24.7 Å². The van der Waals surface area contributed by atoms with Crippen LogP contribution in [0.15, 0.2) is 55.0 Å². The normalized spacial score (nSPS) is 14.6. The number of aromatic nitrogens is 4. The Morgan fingerprint density at radius 2 is 2.06 bits per heavy atom.